The average molecular weight is 580 g/mol. The van der Waals surface area contributed by atoms with Crippen LogP contribution in [0.25, 0.3) is 6.08 Å². The van der Waals surface area contributed by atoms with Gasteiger partial charge < -0.3 is 20.1 Å². The quantitative estimate of drug-likeness (QED) is 0.273. The molecule has 0 spiro atoms. The number of carbonyl (C=O) groups is 2. The van der Waals surface area contributed by atoms with Crippen LogP contribution in [0.4, 0.5) is 0 Å². The summed E-state index contributed by atoms with van der Waals surface area (Å²) in [5, 5.41) is 37.3. The van der Waals surface area contributed by atoms with Crippen LogP contribution in [0.15, 0.2) is 16.7 Å². The Labute approximate surface area is 243 Å². The number of nitrogens with zero attached hydrogens (tertiary/aromatic N) is 3. The van der Waals surface area contributed by atoms with Crippen molar-refractivity contribution in [1.29, 1.82) is 0 Å². The van der Waals surface area contributed by atoms with Crippen molar-refractivity contribution in [2.45, 2.75) is 109 Å². The molecule has 0 aromatic carbocycles. The summed E-state index contributed by atoms with van der Waals surface area (Å²) in [6, 6.07) is 2.08. The number of fused-ring (bicyclic) bond motifs is 1. The molecule has 10 heteroatoms. The minimum atomic E-state index is -1.26. The predicted octanol–water partition coefficient (Wildman–Crippen LogP) is 3.45. The number of thioether (sulfide) groups is 1. The maximum Gasteiger partial charge on any atom is 0.309 e. The van der Waals surface area contributed by atoms with Crippen LogP contribution >= 0.6 is 11.8 Å². The summed E-state index contributed by atoms with van der Waals surface area (Å²) >= 11 is 1.60. The Morgan fingerprint density at radius 1 is 1.25 bits per heavy atom. The number of β-amino-alcohol motifs (C(OH)–C–C–N with tert-alkyl or cyclic N) is 1. The van der Waals surface area contributed by atoms with E-state index in [1.54, 1.807) is 32.5 Å². The minimum Gasteiger partial charge on any atom is -0.458 e. The van der Waals surface area contributed by atoms with Gasteiger partial charge in [-0.25, -0.2) is 0 Å². The van der Waals surface area contributed by atoms with Crippen molar-refractivity contribution in [3.63, 3.8) is 0 Å². The van der Waals surface area contributed by atoms with Crippen LogP contribution in [0, 0.1) is 17.3 Å². The van der Waals surface area contributed by atoms with Gasteiger partial charge in [-0.05, 0) is 56.6 Å². The molecule has 2 aliphatic rings. The predicted molar refractivity (Wildman–Crippen MR) is 157 cm³/mol. The molecule has 9 nitrogen and oxygen atoms in total. The second-order valence-corrected chi connectivity index (χ2v) is 13.4. The fraction of sp³-hybridized carbons (Fsp3) is 0.767. The number of hydrogen-bond acceptors (Lipinski definition) is 9. The van der Waals surface area contributed by atoms with Gasteiger partial charge in [0.25, 0.3) is 0 Å². The van der Waals surface area contributed by atoms with Gasteiger partial charge in [-0.3, -0.25) is 19.2 Å². The first kappa shape index (κ1) is 32.8. The van der Waals surface area contributed by atoms with E-state index in [4.69, 9.17) is 4.74 Å². The Bertz CT molecular complexity index is 1090. The summed E-state index contributed by atoms with van der Waals surface area (Å²) in [7, 11) is 1.89. The zero-order valence-corrected chi connectivity index (χ0v) is 26.2. The summed E-state index contributed by atoms with van der Waals surface area (Å²) < 4.78 is 7.83. The molecule has 0 bridgehead atoms. The smallest absolute Gasteiger partial charge is 0.309 e. The molecule has 40 heavy (non-hydrogen) atoms. The van der Waals surface area contributed by atoms with E-state index in [1.165, 1.54) is 0 Å². The highest BCUT2D eigenvalue weighted by Crippen LogP contribution is 2.48. The lowest BCUT2D eigenvalue weighted by molar-refractivity contribution is -0.154. The number of ether oxygens (including phenoxy) is 1. The molecule has 2 saturated heterocycles. The molecule has 3 rings (SSSR count). The maximum atomic E-state index is 13.4. The Balaban J connectivity index is 1.95. The van der Waals surface area contributed by atoms with Gasteiger partial charge in [-0.1, -0.05) is 34.1 Å². The van der Waals surface area contributed by atoms with Crippen molar-refractivity contribution < 1.29 is 29.6 Å². The van der Waals surface area contributed by atoms with Crippen LogP contribution in [0.5, 0.6) is 0 Å². The SMILES string of the molecule is CSc1cc(/C=C(\C)[C@@H]2C[C@@H]3N(CCO)[C@]3(C)CCC[C@H](C)[C@H](O)[C@@H](C)C(=O)C(C)(C)[C@@H](O)CC(=O)O2)nn1C. The maximum absolute atomic E-state index is 13.4. The van der Waals surface area contributed by atoms with E-state index >= 15 is 0 Å². The molecule has 226 valence electrons. The summed E-state index contributed by atoms with van der Waals surface area (Å²) in [4.78, 5) is 28.8. The highest BCUT2D eigenvalue weighted by atomic mass is 32.2. The molecule has 2 fully saturated rings. The van der Waals surface area contributed by atoms with Crippen molar-refractivity contribution in [2.24, 2.45) is 24.3 Å². The van der Waals surface area contributed by atoms with E-state index in [0.29, 0.717) is 13.0 Å². The molecule has 0 aliphatic carbocycles. The van der Waals surface area contributed by atoms with Gasteiger partial charge in [0.05, 0.1) is 41.4 Å². The standard InChI is InChI=1S/C30H49N3O6S/c1-18-10-9-11-30(6)23(33(30)12-13-34)16-22(19(2)14-21-15-25(40-8)32(7)31-21)39-26(36)17-24(35)29(4,5)28(38)20(3)27(18)37/h14-15,18,20,22-24,27,34-35,37H,9-13,16-17H2,1-8H3/b19-14+/t18-,20+,22-,23-,24-,27-,30+,33?/m0/s1. The highest BCUT2D eigenvalue weighted by Gasteiger charge is 2.58. The first-order valence-electron chi connectivity index (χ1n) is 14.4. The minimum absolute atomic E-state index is 0.0345. The lowest BCUT2D eigenvalue weighted by Crippen LogP contribution is -2.45. The van der Waals surface area contributed by atoms with Crippen molar-refractivity contribution in [2.75, 3.05) is 19.4 Å². The van der Waals surface area contributed by atoms with Crippen LogP contribution in [-0.2, 0) is 21.4 Å². The van der Waals surface area contributed by atoms with Crippen LogP contribution in [-0.4, -0.2) is 91.1 Å². The molecule has 8 atom stereocenters. The van der Waals surface area contributed by atoms with Gasteiger partial charge in [0.2, 0.25) is 0 Å². The molecule has 1 aromatic rings. The zero-order valence-electron chi connectivity index (χ0n) is 25.4. The number of rotatable bonds is 5. The van der Waals surface area contributed by atoms with E-state index in [9.17, 15) is 24.9 Å². The molecule has 0 radical (unpaired) electrons. The molecule has 0 amide bonds. The fourth-order valence-corrected chi connectivity index (χ4v) is 6.89. The lowest BCUT2D eigenvalue weighted by Gasteiger charge is -2.34. The van der Waals surface area contributed by atoms with E-state index < -0.39 is 35.6 Å². The molecule has 2 aliphatic heterocycles. The first-order chi connectivity index (χ1) is 18.7. The number of aliphatic hydroxyl groups excluding tert-OH is 3. The Kier molecular flexibility index (Phi) is 10.7. The van der Waals surface area contributed by atoms with Crippen molar-refractivity contribution >= 4 is 29.6 Å². The number of esters is 1. The summed E-state index contributed by atoms with van der Waals surface area (Å²) in [5.74, 6) is -1.63. The Morgan fingerprint density at radius 2 is 1.93 bits per heavy atom. The monoisotopic (exact) mass is 579 g/mol. The summed E-state index contributed by atoms with van der Waals surface area (Å²) in [5.41, 5.74) is 0.210. The van der Waals surface area contributed by atoms with Gasteiger partial charge in [-0.2, -0.15) is 5.10 Å². The number of Topliss-reactive ketones (excluding diaryl/α,β-unsaturated/α-hetero) is 1. The van der Waals surface area contributed by atoms with E-state index in [2.05, 4.69) is 16.9 Å². The zero-order chi connectivity index (χ0) is 30.0. The molecule has 1 aromatic heterocycles. The first-order valence-corrected chi connectivity index (χ1v) is 15.6. The fourth-order valence-electron chi connectivity index (χ4n) is 6.35. The van der Waals surface area contributed by atoms with Crippen LogP contribution in [0.2, 0.25) is 0 Å². The number of aliphatic hydroxyl groups is 3. The van der Waals surface area contributed by atoms with E-state index in [-0.39, 0.29) is 36.3 Å². The number of carbonyl (C=O) groups excluding carboxylic acids is 2. The lowest BCUT2D eigenvalue weighted by atomic mass is 9.73. The number of ketones is 1. The molecular formula is C30H49N3O6S. The van der Waals surface area contributed by atoms with Crippen LogP contribution in [0.3, 0.4) is 0 Å². The topological polar surface area (TPSA) is 125 Å². The van der Waals surface area contributed by atoms with Crippen molar-refractivity contribution in [1.82, 2.24) is 14.7 Å². The molecular weight excluding hydrogens is 530 g/mol. The van der Waals surface area contributed by atoms with Crippen LogP contribution < -0.4 is 0 Å². The third-order valence-corrected chi connectivity index (χ3v) is 10.2. The average Bonchev–Trinajstić information content (AvgIpc) is 3.24. The third kappa shape index (κ3) is 7.01. The third-order valence-electron chi connectivity index (χ3n) is 9.36. The van der Waals surface area contributed by atoms with Gasteiger partial charge in [-0.15, -0.1) is 11.8 Å². The second kappa shape index (κ2) is 13.1. The Morgan fingerprint density at radius 3 is 2.52 bits per heavy atom. The largest absolute Gasteiger partial charge is 0.458 e. The number of aryl methyl sites for hydroxylation is 1. The van der Waals surface area contributed by atoms with Gasteiger partial charge in [0.15, 0.2) is 0 Å². The van der Waals surface area contributed by atoms with Gasteiger partial charge in [0, 0.05) is 37.5 Å². The molecule has 3 heterocycles. The number of hydrogen-bond donors (Lipinski definition) is 3. The van der Waals surface area contributed by atoms with Crippen LogP contribution in [0.1, 0.15) is 79.3 Å². The van der Waals surface area contributed by atoms with Gasteiger partial charge in [0.1, 0.15) is 11.9 Å². The molecule has 3 N–H and O–H groups in total. The number of aromatic nitrogens is 2. The molecule has 1 unspecified atom stereocenters. The second-order valence-electron chi connectivity index (χ2n) is 12.6. The van der Waals surface area contributed by atoms with E-state index in [1.807, 2.05) is 44.0 Å². The van der Waals surface area contributed by atoms with Gasteiger partial charge >= 0.3 is 5.97 Å². The highest BCUT2D eigenvalue weighted by molar-refractivity contribution is 7.98. The summed E-state index contributed by atoms with van der Waals surface area (Å²) in [6.07, 6.45) is 3.95. The Hall–Kier alpha value is -1.72. The summed E-state index contributed by atoms with van der Waals surface area (Å²) in [6.45, 7) is 11.6. The van der Waals surface area contributed by atoms with E-state index in [0.717, 1.165) is 35.6 Å². The molecule has 0 saturated carbocycles. The van der Waals surface area contributed by atoms with Crippen molar-refractivity contribution in [3.05, 3.63) is 17.3 Å². The van der Waals surface area contributed by atoms with Crippen molar-refractivity contribution in [3.8, 4) is 0 Å². The number of cyclic esters (lactones) is 1. The normalized spacial score (nSPS) is 36.2.